The van der Waals surface area contributed by atoms with E-state index in [1.165, 1.54) is 12.1 Å². The molecule has 1 aliphatic heterocycles. The zero-order valence-electron chi connectivity index (χ0n) is 12.3. The third-order valence-electron chi connectivity index (χ3n) is 3.37. The number of amides is 1. The largest absolute Gasteiger partial charge is 0.573 e. The maximum atomic E-state index is 12.0. The molecule has 3 N–H and O–H groups in total. The van der Waals surface area contributed by atoms with Gasteiger partial charge in [-0.3, -0.25) is 9.69 Å². The number of carbonyl (C=O) groups is 1. The molecule has 1 aromatic carbocycles. The zero-order chi connectivity index (χ0) is 16.2. The minimum absolute atomic E-state index is 0. The average Bonchev–Trinajstić information content (AvgIpc) is 2.42. The lowest BCUT2D eigenvalue weighted by atomic mass is 10.1. The van der Waals surface area contributed by atoms with E-state index in [9.17, 15) is 18.0 Å². The molecular weight excluding hydrogens is 335 g/mol. The number of piperidine rings is 1. The van der Waals surface area contributed by atoms with Crippen molar-refractivity contribution in [3.63, 3.8) is 0 Å². The van der Waals surface area contributed by atoms with Crippen LogP contribution in [0.25, 0.3) is 0 Å². The van der Waals surface area contributed by atoms with Crippen molar-refractivity contribution < 1.29 is 22.7 Å². The zero-order valence-corrected chi connectivity index (χ0v) is 13.1. The highest BCUT2D eigenvalue weighted by Gasteiger charge is 2.31. The number of nitrogens with zero attached hydrogens (tertiary/aromatic N) is 1. The summed E-state index contributed by atoms with van der Waals surface area (Å²) in [6.07, 6.45) is -3.01. The van der Waals surface area contributed by atoms with Gasteiger partial charge in [-0.15, -0.1) is 25.6 Å². The number of halogens is 4. The van der Waals surface area contributed by atoms with Gasteiger partial charge in [0.15, 0.2) is 0 Å². The highest BCUT2D eigenvalue weighted by atomic mass is 35.5. The molecule has 1 amide bonds. The van der Waals surface area contributed by atoms with E-state index in [-0.39, 0.29) is 36.7 Å². The lowest BCUT2D eigenvalue weighted by molar-refractivity contribution is -0.274. The van der Waals surface area contributed by atoms with Crippen LogP contribution >= 0.6 is 12.4 Å². The molecule has 1 fully saturated rings. The number of nitrogens with one attached hydrogen (secondary N) is 1. The normalized spacial score (nSPS) is 16.5. The fraction of sp³-hybridized carbons (Fsp3) is 0.500. The fourth-order valence-electron chi connectivity index (χ4n) is 2.25. The smallest absolute Gasteiger partial charge is 0.406 e. The van der Waals surface area contributed by atoms with Gasteiger partial charge in [0.25, 0.3) is 0 Å². The second-order valence-corrected chi connectivity index (χ2v) is 5.23. The highest BCUT2D eigenvalue weighted by Crippen LogP contribution is 2.23. The second-order valence-electron chi connectivity index (χ2n) is 5.23. The van der Waals surface area contributed by atoms with Crippen molar-refractivity contribution in [2.24, 2.45) is 5.73 Å². The molecule has 0 atom stereocenters. The number of anilines is 1. The third-order valence-corrected chi connectivity index (χ3v) is 3.37. The summed E-state index contributed by atoms with van der Waals surface area (Å²) in [6.45, 7) is 1.79. The Morgan fingerprint density at radius 2 is 1.83 bits per heavy atom. The van der Waals surface area contributed by atoms with Gasteiger partial charge in [-0.2, -0.15) is 0 Å². The summed E-state index contributed by atoms with van der Waals surface area (Å²) in [5.41, 5.74) is 6.21. The van der Waals surface area contributed by atoms with E-state index in [0.717, 1.165) is 38.1 Å². The predicted octanol–water partition coefficient (Wildman–Crippen LogP) is 2.37. The molecule has 0 bridgehead atoms. The molecule has 0 aliphatic carbocycles. The Morgan fingerprint density at radius 1 is 1.26 bits per heavy atom. The van der Waals surface area contributed by atoms with Crippen molar-refractivity contribution in [1.29, 1.82) is 0 Å². The van der Waals surface area contributed by atoms with Crippen LogP contribution in [0.4, 0.5) is 18.9 Å². The molecule has 2 rings (SSSR count). The number of hydrogen-bond acceptors (Lipinski definition) is 4. The van der Waals surface area contributed by atoms with Crippen LogP contribution in [0, 0.1) is 0 Å². The van der Waals surface area contributed by atoms with Crippen molar-refractivity contribution in [2.75, 3.05) is 25.0 Å². The van der Waals surface area contributed by atoms with Crippen LogP contribution in [-0.2, 0) is 4.79 Å². The Balaban J connectivity index is 0.00000264. The molecule has 1 aromatic rings. The number of rotatable bonds is 4. The van der Waals surface area contributed by atoms with Crippen molar-refractivity contribution >= 4 is 24.0 Å². The lowest BCUT2D eigenvalue weighted by Gasteiger charge is -2.29. The molecule has 23 heavy (non-hydrogen) atoms. The van der Waals surface area contributed by atoms with Gasteiger partial charge >= 0.3 is 6.36 Å². The van der Waals surface area contributed by atoms with E-state index >= 15 is 0 Å². The van der Waals surface area contributed by atoms with E-state index in [1.807, 2.05) is 4.90 Å². The van der Waals surface area contributed by atoms with Crippen LogP contribution in [0.5, 0.6) is 5.75 Å². The van der Waals surface area contributed by atoms with Crippen LogP contribution in [0.3, 0.4) is 0 Å². The fourth-order valence-corrected chi connectivity index (χ4v) is 2.25. The number of carbonyl (C=O) groups excluding carboxylic acids is 1. The summed E-state index contributed by atoms with van der Waals surface area (Å²) in [6, 6.07) is 5.24. The van der Waals surface area contributed by atoms with Gasteiger partial charge in [0.1, 0.15) is 5.75 Å². The van der Waals surface area contributed by atoms with Gasteiger partial charge in [0, 0.05) is 24.8 Å². The summed E-state index contributed by atoms with van der Waals surface area (Å²) in [5, 5.41) is 2.64. The van der Waals surface area contributed by atoms with Crippen molar-refractivity contribution in [1.82, 2.24) is 4.90 Å². The van der Waals surface area contributed by atoms with Gasteiger partial charge in [-0.1, -0.05) is 0 Å². The number of alkyl halides is 3. The monoisotopic (exact) mass is 353 g/mol. The Bertz CT molecular complexity index is 503. The number of benzene rings is 1. The van der Waals surface area contributed by atoms with E-state index in [2.05, 4.69) is 10.1 Å². The van der Waals surface area contributed by atoms with Crippen LogP contribution in [0.2, 0.25) is 0 Å². The van der Waals surface area contributed by atoms with E-state index in [0.29, 0.717) is 5.69 Å². The molecule has 130 valence electrons. The Labute approximate surface area is 138 Å². The predicted molar refractivity (Wildman–Crippen MR) is 82.7 cm³/mol. The molecule has 5 nitrogen and oxygen atoms in total. The number of likely N-dealkylation sites (tertiary alicyclic amines) is 1. The summed E-state index contributed by atoms with van der Waals surface area (Å²) in [7, 11) is 0. The summed E-state index contributed by atoms with van der Waals surface area (Å²) in [5.74, 6) is -0.532. The summed E-state index contributed by atoms with van der Waals surface area (Å²) >= 11 is 0. The van der Waals surface area contributed by atoms with Crippen molar-refractivity contribution in [3.05, 3.63) is 24.3 Å². The first kappa shape index (κ1) is 19.5. The molecule has 0 unspecified atom stereocenters. The third kappa shape index (κ3) is 7.06. The van der Waals surface area contributed by atoms with Crippen LogP contribution in [0.1, 0.15) is 12.8 Å². The van der Waals surface area contributed by atoms with Gasteiger partial charge in [0.05, 0.1) is 6.54 Å². The average molecular weight is 354 g/mol. The molecule has 0 aromatic heterocycles. The highest BCUT2D eigenvalue weighted by molar-refractivity contribution is 5.92. The minimum atomic E-state index is -4.72. The molecule has 0 saturated carbocycles. The minimum Gasteiger partial charge on any atom is -0.406 e. The second kappa shape index (κ2) is 8.37. The number of ether oxygens (including phenoxy) is 1. The number of hydrogen-bond donors (Lipinski definition) is 2. The van der Waals surface area contributed by atoms with Crippen molar-refractivity contribution in [3.8, 4) is 5.75 Å². The molecule has 1 aliphatic rings. The topological polar surface area (TPSA) is 67.6 Å². The van der Waals surface area contributed by atoms with Gasteiger partial charge in [-0.25, -0.2) is 0 Å². The van der Waals surface area contributed by atoms with Crippen LogP contribution in [-0.4, -0.2) is 42.8 Å². The molecule has 1 saturated heterocycles. The molecule has 0 radical (unpaired) electrons. The summed E-state index contributed by atoms with van der Waals surface area (Å²) in [4.78, 5) is 13.9. The van der Waals surface area contributed by atoms with Crippen LogP contribution in [0.15, 0.2) is 24.3 Å². The van der Waals surface area contributed by atoms with Gasteiger partial charge in [-0.05, 0) is 37.1 Å². The first-order valence-corrected chi connectivity index (χ1v) is 6.95. The summed E-state index contributed by atoms with van der Waals surface area (Å²) < 4.78 is 39.9. The Morgan fingerprint density at radius 3 is 2.35 bits per heavy atom. The maximum absolute atomic E-state index is 12.0. The van der Waals surface area contributed by atoms with Gasteiger partial charge in [0.2, 0.25) is 5.91 Å². The van der Waals surface area contributed by atoms with E-state index < -0.39 is 6.36 Å². The first-order chi connectivity index (χ1) is 10.3. The standard InChI is InChI=1S/C14H18F3N3O2.ClH/c15-14(16,17)22-12-3-1-11(2-4-12)19-13(21)9-20-7-5-10(18)6-8-20;/h1-4,10H,5-9,18H2,(H,19,21);1H. The lowest BCUT2D eigenvalue weighted by Crippen LogP contribution is -2.43. The molecule has 0 spiro atoms. The van der Waals surface area contributed by atoms with E-state index in [4.69, 9.17) is 5.73 Å². The molecule has 1 heterocycles. The van der Waals surface area contributed by atoms with Crippen LogP contribution < -0.4 is 15.8 Å². The quantitative estimate of drug-likeness (QED) is 0.872. The first-order valence-electron chi connectivity index (χ1n) is 6.95. The SMILES string of the molecule is Cl.NC1CCN(CC(=O)Nc2ccc(OC(F)(F)F)cc2)CC1. The van der Waals surface area contributed by atoms with E-state index in [1.54, 1.807) is 0 Å². The maximum Gasteiger partial charge on any atom is 0.573 e. The van der Waals surface area contributed by atoms with Gasteiger partial charge < -0.3 is 15.8 Å². The van der Waals surface area contributed by atoms with Crippen molar-refractivity contribution in [2.45, 2.75) is 25.2 Å². The Kier molecular flexibility index (Phi) is 7.11. The molecule has 9 heteroatoms. The Hall–Kier alpha value is -1.51. The number of nitrogens with two attached hydrogens (primary N) is 1. The molecular formula is C14H19ClF3N3O2.